The van der Waals surface area contributed by atoms with Crippen molar-refractivity contribution in [2.45, 2.75) is 51.6 Å². The van der Waals surface area contributed by atoms with Crippen LogP contribution in [0.1, 0.15) is 66.3 Å². The average molecular weight is 741 g/mol. The Morgan fingerprint density at radius 1 is 0.920 bits per heavy atom. The van der Waals surface area contributed by atoms with E-state index < -0.39 is 11.7 Å². The van der Waals surface area contributed by atoms with Gasteiger partial charge in [0.1, 0.15) is 24.8 Å². The van der Waals surface area contributed by atoms with E-state index in [0.29, 0.717) is 53.2 Å². The summed E-state index contributed by atoms with van der Waals surface area (Å²) in [6.07, 6.45) is 5.95. The summed E-state index contributed by atoms with van der Waals surface area (Å²) in [5.74, 6) is 1.89. The molecule has 3 aliphatic rings. The number of hydrogen-bond acceptors (Lipinski definition) is 10. The van der Waals surface area contributed by atoms with Crippen LogP contribution in [0, 0.1) is 12.7 Å². The molecule has 0 radical (unpaired) electrons. The number of amides is 1. The summed E-state index contributed by atoms with van der Waals surface area (Å²) in [6, 6.07) is 14.1. The van der Waals surface area contributed by atoms with E-state index in [2.05, 4.69) is 57.3 Å². The fraction of sp³-hybridized carbons (Fsp3) is 0.294. The number of nitrogens with one attached hydrogen (secondary N) is 1. The first-order valence-electron chi connectivity index (χ1n) is 16.2. The normalized spacial score (nSPS) is 17.3. The highest BCUT2D eigenvalue weighted by molar-refractivity contribution is 9.10. The van der Waals surface area contributed by atoms with E-state index in [-0.39, 0.29) is 17.6 Å². The molecule has 0 bridgehead atoms. The van der Waals surface area contributed by atoms with Crippen LogP contribution in [0.2, 0.25) is 0 Å². The van der Waals surface area contributed by atoms with Crippen molar-refractivity contribution < 1.29 is 18.7 Å². The zero-order valence-electron chi connectivity index (χ0n) is 27.3. The number of para-hydroxylation sites is 2. The number of carbonyl (C=O) groups excluding carboxylic acids is 1. The number of tetrazole rings is 2. The highest BCUT2D eigenvalue weighted by Crippen LogP contribution is 2.41. The summed E-state index contributed by atoms with van der Waals surface area (Å²) in [5.41, 5.74) is 4.38. The predicted molar refractivity (Wildman–Crippen MR) is 183 cm³/mol. The third-order valence-electron chi connectivity index (χ3n) is 8.88. The van der Waals surface area contributed by atoms with Crippen LogP contribution >= 0.6 is 15.9 Å². The quantitative estimate of drug-likeness (QED) is 0.224. The first-order chi connectivity index (χ1) is 24.3. The molecule has 3 aromatic heterocycles. The standard InChI is InChI=1S/C24H22FN7O2.C10H9BrN4O/c1-13-8-18(25)17(9-21(13)31-10-20(26-12-31)15-6-7-15)24(33)27-19-5-3-4-16-22(19)34-11-14(2)32-23(16)28-29-30-32;1-6-5-16-9-7(3-2-4-8(9)11)10-12-13-14-15(6)10/h3-5,8-10,12,14-15H,6-7,11H2,1-2H3,(H,27,33);2-4,6H,5H2,1H3/t14-;6-/m11/s1. The van der Waals surface area contributed by atoms with Gasteiger partial charge in [0, 0.05) is 12.1 Å². The largest absolute Gasteiger partial charge is 0.489 e. The lowest BCUT2D eigenvalue weighted by atomic mass is 10.1. The summed E-state index contributed by atoms with van der Waals surface area (Å²) in [4.78, 5) is 17.7. The van der Waals surface area contributed by atoms with Crippen molar-refractivity contribution >= 4 is 27.5 Å². The SMILES string of the molecule is C[C@@H]1COc2c(Br)cccc2-c2nnnn21.Cc1cc(F)c(C(=O)Nc2cccc3c2OC[C@@H](C)n2nnnc2-3)cc1-n1cnc(C2CC2)c1. The molecule has 5 heterocycles. The van der Waals surface area contributed by atoms with Gasteiger partial charge in [-0.05, 0) is 112 Å². The van der Waals surface area contributed by atoms with Crippen LogP contribution in [0.25, 0.3) is 28.5 Å². The minimum atomic E-state index is -0.596. The Kier molecular flexibility index (Phi) is 8.09. The van der Waals surface area contributed by atoms with Gasteiger partial charge in [-0.25, -0.2) is 18.7 Å². The molecular weight excluding hydrogens is 709 g/mol. The van der Waals surface area contributed by atoms with Crippen LogP contribution in [-0.2, 0) is 0 Å². The number of anilines is 1. The topological polar surface area (TPSA) is 153 Å². The van der Waals surface area contributed by atoms with Gasteiger partial charge in [0.25, 0.3) is 5.91 Å². The van der Waals surface area contributed by atoms with Gasteiger partial charge in [-0.3, -0.25) is 4.79 Å². The lowest BCUT2D eigenvalue weighted by molar-refractivity contribution is 0.102. The molecule has 2 atom stereocenters. The third kappa shape index (κ3) is 5.78. The Hall–Kier alpha value is -5.51. The fourth-order valence-corrected chi connectivity index (χ4v) is 6.53. The van der Waals surface area contributed by atoms with Crippen molar-refractivity contribution in [3.8, 4) is 40.0 Å². The van der Waals surface area contributed by atoms with Gasteiger partial charge < -0.3 is 19.4 Å². The van der Waals surface area contributed by atoms with Gasteiger partial charge in [0.05, 0.1) is 56.6 Å². The van der Waals surface area contributed by atoms with Crippen LogP contribution in [0.5, 0.6) is 11.5 Å². The molecule has 1 aliphatic carbocycles. The van der Waals surface area contributed by atoms with Crippen LogP contribution in [0.3, 0.4) is 0 Å². The fourth-order valence-electron chi connectivity index (χ4n) is 6.05. The highest BCUT2D eigenvalue weighted by Gasteiger charge is 2.28. The molecule has 0 unspecified atom stereocenters. The molecule has 14 nitrogen and oxygen atoms in total. The van der Waals surface area contributed by atoms with E-state index in [9.17, 15) is 9.18 Å². The smallest absolute Gasteiger partial charge is 0.258 e. The maximum Gasteiger partial charge on any atom is 0.258 e. The molecule has 2 aliphatic heterocycles. The Labute approximate surface area is 293 Å². The molecule has 50 heavy (non-hydrogen) atoms. The van der Waals surface area contributed by atoms with E-state index in [0.717, 1.165) is 40.1 Å². The van der Waals surface area contributed by atoms with Gasteiger partial charge in [-0.2, -0.15) is 0 Å². The Balaban J connectivity index is 0.000000188. The molecule has 1 amide bonds. The summed E-state index contributed by atoms with van der Waals surface area (Å²) < 4.78 is 32.9. The van der Waals surface area contributed by atoms with Crippen LogP contribution in [0.15, 0.2) is 65.5 Å². The van der Waals surface area contributed by atoms with Crippen molar-refractivity contribution in [2.24, 2.45) is 0 Å². The maximum atomic E-state index is 14.9. The van der Waals surface area contributed by atoms with E-state index in [4.69, 9.17) is 9.47 Å². The van der Waals surface area contributed by atoms with Gasteiger partial charge in [0.15, 0.2) is 17.4 Å². The zero-order valence-corrected chi connectivity index (χ0v) is 28.9. The van der Waals surface area contributed by atoms with Gasteiger partial charge in [-0.15, -0.1) is 10.2 Å². The molecule has 0 spiro atoms. The molecule has 1 N–H and O–H groups in total. The Bertz CT molecular complexity index is 2240. The molecule has 0 saturated heterocycles. The number of aromatic nitrogens is 10. The van der Waals surface area contributed by atoms with Crippen LogP contribution in [-0.4, -0.2) is 69.1 Å². The number of hydrogen-bond donors (Lipinski definition) is 1. The van der Waals surface area contributed by atoms with Crippen molar-refractivity contribution in [3.05, 3.63) is 88.2 Å². The van der Waals surface area contributed by atoms with E-state index >= 15 is 0 Å². The zero-order chi connectivity index (χ0) is 34.5. The third-order valence-corrected chi connectivity index (χ3v) is 9.50. The molecule has 1 saturated carbocycles. The van der Waals surface area contributed by atoms with Crippen molar-refractivity contribution in [1.82, 2.24) is 50.0 Å². The number of ether oxygens (including phenoxy) is 2. The number of rotatable bonds is 4. The van der Waals surface area contributed by atoms with Gasteiger partial charge >= 0.3 is 0 Å². The molecule has 254 valence electrons. The first-order valence-corrected chi connectivity index (χ1v) is 17.0. The number of imidazole rings is 1. The number of aryl methyl sites for hydroxylation is 1. The van der Waals surface area contributed by atoms with Gasteiger partial charge in [-0.1, -0.05) is 12.1 Å². The minimum Gasteiger partial charge on any atom is -0.489 e. The lowest BCUT2D eigenvalue weighted by Gasteiger charge is -2.15. The molecule has 3 aromatic carbocycles. The molecule has 16 heteroatoms. The van der Waals surface area contributed by atoms with Crippen molar-refractivity contribution in [2.75, 3.05) is 18.5 Å². The maximum absolute atomic E-state index is 14.9. The number of benzene rings is 3. The monoisotopic (exact) mass is 739 g/mol. The Morgan fingerprint density at radius 2 is 1.56 bits per heavy atom. The second kappa shape index (κ2) is 12.7. The van der Waals surface area contributed by atoms with E-state index in [1.165, 1.54) is 6.07 Å². The number of halogens is 2. The average Bonchev–Trinajstić information content (AvgIpc) is 3.47. The second-order valence-electron chi connectivity index (χ2n) is 12.6. The molecule has 1 fully saturated rings. The van der Waals surface area contributed by atoms with Crippen molar-refractivity contribution in [1.29, 1.82) is 0 Å². The second-order valence-corrected chi connectivity index (χ2v) is 13.4. The Morgan fingerprint density at radius 3 is 2.24 bits per heavy atom. The molecular formula is C34H31BrFN11O3. The highest BCUT2D eigenvalue weighted by atomic mass is 79.9. The summed E-state index contributed by atoms with van der Waals surface area (Å²) >= 11 is 3.47. The van der Waals surface area contributed by atoms with E-state index in [1.54, 1.807) is 33.9 Å². The summed E-state index contributed by atoms with van der Waals surface area (Å²) in [6.45, 7) is 6.67. The summed E-state index contributed by atoms with van der Waals surface area (Å²) in [5, 5.41) is 26.5. The molecule has 6 aromatic rings. The lowest BCUT2D eigenvalue weighted by Crippen LogP contribution is -2.16. The number of fused-ring (bicyclic) bond motifs is 6. The van der Waals surface area contributed by atoms with Crippen LogP contribution in [0.4, 0.5) is 10.1 Å². The van der Waals surface area contributed by atoms with Crippen molar-refractivity contribution in [3.63, 3.8) is 0 Å². The van der Waals surface area contributed by atoms with E-state index in [1.807, 2.05) is 55.8 Å². The van der Waals surface area contributed by atoms with Gasteiger partial charge in [0.2, 0.25) is 0 Å². The first kappa shape index (κ1) is 31.7. The minimum absolute atomic E-state index is 0.0632. The summed E-state index contributed by atoms with van der Waals surface area (Å²) in [7, 11) is 0. The number of carbonyl (C=O) groups is 1. The van der Waals surface area contributed by atoms with Crippen LogP contribution < -0.4 is 14.8 Å². The molecule has 9 rings (SSSR count). The predicted octanol–water partition coefficient (Wildman–Crippen LogP) is 6.11. The number of nitrogens with zero attached hydrogens (tertiary/aromatic N) is 10.